The predicted octanol–water partition coefficient (Wildman–Crippen LogP) is 4.79. The van der Waals surface area contributed by atoms with Crippen LogP contribution in [0.15, 0.2) is 36.4 Å². The lowest BCUT2D eigenvalue weighted by molar-refractivity contribution is 0.869. The zero-order chi connectivity index (χ0) is 15.9. The van der Waals surface area contributed by atoms with Gasteiger partial charge in [-0.3, -0.25) is 0 Å². The topological polar surface area (TPSA) is 22.8 Å². The first-order valence-electron chi connectivity index (χ1n) is 7.39. The second-order valence-electron chi connectivity index (χ2n) is 5.73. The van der Waals surface area contributed by atoms with Crippen molar-refractivity contribution in [1.82, 2.24) is 14.1 Å². The Hall–Kier alpha value is -1.81. The van der Waals surface area contributed by atoms with E-state index in [1.165, 1.54) is 28.3 Å². The van der Waals surface area contributed by atoms with Gasteiger partial charge >= 0.3 is 0 Å². The summed E-state index contributed by atoms with van der Waals surface area (Å²) in [6.07, 6.45) is 0. The molecule has 3 aromatic heterocycles. The van der Waals surface area contributed by atoms with Crippen molar-refractivity contribution in [3.8, 4) is 11.6 Å². The van der Waals surface area contributed by atoms with E-state index in [1.807, 2.05) is 0 Å². The van der Waals surface area contributed by atoms with Crippen molar-refractivity contribution < 1.29 is 0 Å². The fourth-order valence-corrected chi connectivity index (χ4v) is 3.24. The van der Waals surface area contributed by atoms with Crippen LogP contribution >= 0.6 is 15.9 Å². The number of rotatable bonds is 3. The highest BCUT2D eigenvalue weighted by atomic mass is 79.9. The minimum atomic E-state index is 0.814. The summed E-state index contributed by atoms with van der Waals surface area (Å²) in [6.45, 7) is 8.45. The van der Waals surface area contributed by atoms with Gasteiger partial charge in [-0.25, -0.2) is 4.98 Å². The number of hydrogen-bond acceptors (Lipinski definition) is 1. The number of hydrogen-bond donors (Lipinski definition) is 0. The maximum Gasteiger partial charge on any atom is 0.139 e. The first-order chi connectivity index (χ1) is 10.5. The second kappa shape index (κ2) is 5.76. The highest BCUT2D eigenvalue weighted by molar-refractivity contribution is 9.08. The molecule has 0 spiro atoms. The molecule has 4 heteroatoms. The lowest BCUT2D eigenvalue weighted by atomic mass is 10.2. The molecule has 0 N–H and O–H groups in total. The molecule has 0 atom stereocenters. The van der Waals surface area contributed by atoms with E-state index in [1.54, 1.807) is 0 Å². The van der Waals surface area contributed by atoms with Gasteiger partial charge < -0.3 is 9.13 Å². The second-order valence-corrected chi connectivity index (χ2v) is 6.29. The summed E-state index contributed by atoms with van der Waals surface area (Å²) >= 11 is 3.58. The molecule has 0 unspecified atom stereocenters. The molecule has 0 saturated carbocycles. The van der Waals surface area contributed by atoms with Crippen LogP contribution in [0, 0.1) is 27.7 Å². The zero-order valence-corrected chi connectivity index (χ0v) is 15.0. The van der Waals surface area contributed by atoms with Crippen molar-refractivity contribution in [3.05, 3.63) is 64.7 Å². The van der Waals surface area contributed by atoms with Crippen LogP contribution in [0.5, 0.6) is 0 Å². The van der Waals surface area contributed by atoms with E-state index in [0.717, 1.165) is 17.0 Å². The third-order valence-corrected chi connectivity index (χ3v) is 4.66. The summed E-state index contributed by atoms with van der Waals surface area (Å²) in [7, 11) is 0. The number of pyridine rings is 1. The van der Waals surface area contributed by atoms with Crippen LogP contribution in [0.4, 0.5) is 0 Å². The van der Waals surface area contributed by atoms with E-state index in [9.17, 15) is 0 Å². The Kier molecular flexibility index (Phi) is 3.96. The molecule has 0 aliphatic carbocycles. The SMILES string of the molecule is Cc1ccc(C)n1-c1cc(CBr)cc(-n2c(C)ccc2C)n1. The molecule has 0 aromatic carbocycles. The Labute approximate surface area is 139 Å². The first-order valence-corrected chi connectivity index (χ1v) is 8.51. The smallest absolute Gasteiger partial charge is 0.139 e. The summed E-state index contributed by atoms with van der Waals surface area (Å²) in [4.78, 5) is 4.91. The Bertz CT molecular complexity index is 723. The summed E-state index contributed by atoms with van der Waals surface area (Å²) in [5.74, 6) is 1.94. The summed E-state index contributed by atoms with van der Waals surface area (Å²) in [6, 6.07) is 12.8. The summed E-state index contributed by atoms with van der Waals surface area (Å²) in [5.41, 5.74) is 6.01. The number of aromatic nitrogens is 3. The molecule has 0 aliphatic heterocycles. The zero-order valence-electron chi connectivity index (χ0n) is 13.4. The fourth-order valence-electron chi connectivity index (χ4n) is 2.92. The van der Waals surface area contributed by atoms with Gasteiger partial charge in [0, 0.05) is 28.1 Å². The van der Waals surface area contributed by atoms with E-state index in [2.05, 4.69) is 89.2 Å². The third kappa shape index (κ3) is 2.52. The average Bonchev–Trinajstić information content (AvgIpc) is 3.00. The molecule has 22 heavy (non-hydrogen) atoms. The molecular weight excluding hydrogens is 338 g/mol. The molecule has 3 heterocycles. The van der Waals surface area contributed by atoms with Crippen LogP contribution in [-0.2, 0) is 5.33 Å². The van der Waals surface area contributed by atoms with Crippen LogP contribution in [-0.4, -0.2) is 14.1 Å². The Morgan fingerprint density at radius 1 is 0.773 bits per heavy atom. The molecule has 3 rings (SSSR count). The molecular formula is C18H20BrN3. The molecule has 0 aliphatic rings. The van der Waals surface area contributed by atoms with Gasteiger partial charge in [0.25, 0.3) is 0 Å². The summed E-state index contributed by atoms with van der Waals surface area (Å²) < 4.78 is 4.40. The number of halogens is 1. The lowest BCUT2D eigenvalue weighted by Gasteiger charge is -2.15. The number of nitrogens with zero attached hydrogens (tertiary/aromatic N) is 3. The molecule has 0 radical (unpaired) electrons. The predicted molar refractivity (Wildman–Crippen MR) is 94.5 cm³/mol. The van der Waals surface area contributed by atoms with Crippen LogP contribution in [0.3, 0.4) is 0 Å². The number of aryl methyl sites for hydroxylation is 4. The van der Waals surface area contributed by atoms with E-state index >= 15 is 0 Å². The average molecular weight is 358 g/mol. The highest BCUT2D eigenvalue weighted by Crippen LogP contribution is 2.22. The van der Waals surface area contributed by atoms with Gasteiger partial charge in [-0.15, -0.1) is 0 Å². The molecule has 0 saturated heterocycles. The maximum atomic E-state index is 4.91. The van der Waals surface area contributed by atoms with E-state index in [-0.39, 0.29) is 0 Å². The van der Waals surface area contributed by atoms with Gasteiger partial charge in [0.15, 0.2) is 0 Å². The first kappa shape index (κ1) is 15.1. The van der Waals surface area contributed by atoms with Crippen LogP contribution < -0.4 is 0 Å². The van der Waals surface area contributed by atoms with Crippen molar-refractivity contribution in [3.63, 3.8) is 0 Å². The van der Waals surface area contributed by atoms with Crippen molar-refractivity contribution in [2.24, 2.45) is 0 Å². The minimum Gasteiger partial charge on any atom is -0.303 e. The minimum absolute atomic E-state index is 0.814. The van der Waals surface area contributed by atoms with Gasteiger partial charge in [0.05, 0.1) is 0 Å². The molecule has 0 fully saturated rings. The maximum absolute atomic E-state index is 4.91. The van der Waals surface area contributed by atoms with Gasteiger partial charge in [0.2, 0.25) is 0 Å². The van der Waals surface area contributed by atoms with Gasteiger partial charge in [0.1, 0.15) is 11.6 Å². The largest absolute Gasteiger partial charge is 0.303 e. The highest BCUT2D eigenvalue weighted by Gasteiger charge is 2.11. The van der Waals surface area contributed by atoms with E-state index < -0.39 is 0 Å². The standard InChI is InChI=1S/C18H20BrN3/c1-12-5-6-13(2)21(12)17-9-16(11-19)10-18(20-17)22-14(3)7-8-15(22)4/h5-10H,11H2,1-4H3. The van der Waals surface area contributed by atoms with Crippen molar-refractivity contribution >= 4 is 15.9 Å². The van der Waals surface area contributed by atoms with Crippen molar-refractivity contribution in [2.75, 3.05) is 0 Å². The Balaban J connectivity index is 2.24. The normalized spacial score (nSPS) is 11.1. The molecule has 0 bridgehead atoms. The molecule has 3 nitrogen and oxygen atoms in total. The van der Waals surface area contributed by atoms with Crippen LogP contribution in [0.25, 0.3) is 11.6 Å². The van der Waals surface area contributed by atoms with Crippen molar-refractivity contribution in [2.45, 2.75) is 33.0 Å². The lowest BCUT2D eigenvalue weighted by Crippen LogP contribution is -2.08. The third-order valence-electron chi connectivity index (χ3n) is 4.01. The van der Waals surface area contributed by atoms with E-state index in [0.29, 0.717) is 0 Å². The summed E-state index contributed by atoms with van der Waals surface area (Å²) in [5, 5.41) is 0.814. The van der Waals surface area contributed by atoms with Crippen molar-refractivity contribution in [1.29, 1.82) is 0 Å². The van der Waals surface area contributed by atoms with Gasteiger partial charge in [-0.05, 0) is 69.7 Å². The monoisotopic (exact) mass is 357 g/mol. The van der Waals surface area contributed by atoms with Crippen LogP contribution in [0.2, 0.25) is 0 Å². The quantitative estimate of drug-likeness (QED) is 0.617. The molecule has 0 amide bonds. The fraction of sp³-hybridized carbons (Fsp3) is 0.278. The van der Waals surface area contributed by atoms with Gasteiger partial charge in [-0.2, -0.15) is 0 Å². The molecule has 114 valence electrons. The molecule has 3 aromatic rings. The van der Waals surface area contributed by atoms with Gasteiger partial charge in [-0.1, -0.05) is 15.9 Å². The number of alkyl halides is 1. The van der Waals surface area contributed by atoms with E-state index in [4.69, 9.17) is 4.98 Å². The Morgan fingerprint density at radius 2 is 1.14 bits per heavy atom. The Morgan fingerprint density at radius 3 is 1.45 bits per heavy atom. The van der Waals surface area contributed by atoms with Crippen LogP contribution in [0.1, 0.15) is 28.3 Å².